The summed E-state index contributed by atoms with van der Waals surface area (Å²) in [4.78, 5) is 0. The van der Waals surface area contributed by atoms with Gasteiger partial charge in [-0.3, -0.25) is 0 Å². The van der Waals surface area contributed by atoms with Gasteiger partial charge in [0.1, 0.15) is 12.4 Å². The molecule has 46 heavy (non-hydrogen) atoms. The Labute approximate surface area is 291 Å². The molecule has 0 aliphatic heterocycles. The molecule has 0 saturated heterocycles. The molecule has 0 radical (unpaired) electrons. The predicted molar refractivity (Wildman–Crippen MR) is 207 cm³/mol. The van der Waals surface area contributed by atoms with Gasteiger partial charge in [-0.2, -0.15) is 0 Å². The molecule has 0 fully saturated rings. The van der Waals surface area contributed by atoms with Crippen LogP contribution in [0.5, 0.6) is 0 Å². The number of aromatic nitrogens is 2. The molecule has 0 amide bonds. The Kier molecular flexibility index (Phi) is 33.4. The lowest BCUT2D eigenvalue weighted by Crippen LogP contribution is -2.37. The van der Waals surface area contributed by atoms with Crippen molar-refractivity contribution in [1.29, 1.82) is 0 Å². The Morgan fingerprint density at radius 1 is 0.370 bits per heavy atom. The van der Waals surface area contributed by atoms with Gasteiger partial charge >= 0.3 is 0 Å². The van der Waals surface area contributed by atoms with Crippen LogP contribution in [0.25, 0.3) is 0 Å². The molecule has 0 saturated carbocycles. The van der Waals surface area contributed by atoms with Crippen molar-refractivity contribution in [3.63, 3.8) is 0 Å². The third kappa shape index (κ3) is 27.2. The topological polar surface area (TPSA) is 8.81 Å². The normalized spacial score (nSPS) is 11.6. The van der Waals surface area contributed by atoms with Crippen LogP contribution in [-0.2, 0) is 19.5 Å². The molecule has 2 nitrogen and oxygen atoms in total. The van der Waals surface area contributed by atoms with E-state index in [-0.39, 0.29) is 0 Å². The van der Waals surface area contributed by atoms with Crippen LogP contribution in [-0.4, -0.2) is 4.57 Å². The van der Waals surface area contributed by atoms with Gasteiger partial charge in [0, 0.05) is 6.42 Å². The van der Waals surface area contributed by atoms with Crippen LogP contribution >= 0.6 is 0 Å². The van der Waals surface area contributed by atoms with E-state index < -0.39 is 0 Å². The smallest absolute Gasteiger partial charge is 0.234 e. The summed E-state index contributed by atoms with van der Waals surface area (Å²) in [6.07, 6.45) is 56.4. The lowest BCUT2D eigenvalue weighted by molar-refractivity contribution is -0.704. The molecule has 0 unspecified atom stereocenters. The summed E-state index contributed by atoms with van der Waals surface area (Å²) in [5.74, 6) is 1.62. The van der Waals surface area contributed by atoms with Gasteiger partial charge in [-0.25, -0.2) is 9.13 Å². The highest BCUT2D eigenvalue weighted by molar-refractivity contribution is 4.84. The van der Waals surface area contributed by atoms with Crippen LogP contribution < -0.4 is 4.57 Å². The molecule has 0 aromatic carbocycles. The second kappa shape index (κ2) is 35.5. The average molecular weight is 644 g/mol. The Morgan fingerprint density at radius 2 is 0.674 bits per heavy atom. The van der Waals surface area contributed by atoms with Crippen LogP contribution in [0.15, 0.2) is 12.4 Å². The molecule has 1 heterocycles. The number of hydrogen-bond acceptors (Lipinski definition) is 0. The number of rotatable bonds is 38. The number of unbranched alkanes of at least 4 members (excludes halogenated alkanes) is 32. The second-order valence-corrected chi connectivity index (χ2v) is 15.2. The first-order valence-electron chi connectivity index (χ1n) is 21.9. The van der Waals surface area contributed by atoms with Gasteiger partial charge in [-0.1, -0.05) is 213 Å². The van der Waals surface area contributed by atoms with Crippen molar-refractivity contribution in [2.45, 2.75) is 265 Å². The fourth-order valence-corrected chi connectivity index (χ4v) is 7.39. The molecule has 1 rings (SSSR count). The third-order valence-electron chi connectivity index (χ3n) is 10.6. The molecule has 0 bridgehead atoms. The largest absolute Gasteiger partial charge is 0.256 e. The Morgan fingerprint density at radius 3 is 1.04 bits per heavy atom. The van der Waals surface area contributed by atoms with Crippen LogP contribution in [0.1, 0.15) is 251 Å². The van der Waals surface area contributed by atoms with E-state index >= 15 is 0 Å². The fraction of sp³-hybridized carbons (Fsp3) is 0.932. The molecular formula is C44H87N2+. The second-order valence-electron chi connectivity index (χ2n) is 15.2. The predicted octanol–water partition coefficient (Wildman–Crippen LogP) is 15.0. The SMILES string of the molecule is CCCCCCCCCCCCCCCCc1n(CCCCCCCCCCCCCCCC)cc[n+]1CCCCCCCCC. The fourth-order valence-electron chi connectivity index (χ4n) is 7.39. The number of hydrogen-bond donors (Lipinski definition) is 0. The Bertz CT molecular complexity index is 707. The minimum atomic E-state index is 1.23. The van der Waals surface area contributed by atoms with Crippen LogP contribution in [0, 0.1) is 0 Å². The average Bonchev–Trinajstić information content (AvgIpc) is 3.45. The molecule has 0 N–H and O–H groups in total. The van der Waals surface area contributed by atoms with E-state index in [9.17, 15) is 0 Å². The zero-order valence-electron chi connectivity index (χ0n) is 32.4. The summed E-state index contributed by atoms with van der Waals surface area (Å²) < 4.78 is 5.28. The lowest BCUT2D eigenvalue weighted by Gasteiger charge is -2.07. The Balaban J connectivity index is 2.23. The van der Waals surface area contributed by atoms with Gasteiger partial charge in [0.05, 0.1) is 13.1 Å². The van der Waals surface area contributed by atoms with E-state index in [1.807, 2.05) is 0 Å². The highest BCUT2D eigenvalue weighted by Gasteiger charge is 2.16. The minimum Gasteiger partial charge on any atom is -0.234 e. The van der Waals surface area contributed by atoms with E-state index in [0.29, 0.717) is 0 Å². The van der Waals surface area contributed by atoms with E-state index in [1.54, 1.807) is 5.82 Å². The molecule has 272 valence electrons. The zero-order valence-corrected chi connectivity index (χ0v) is 32.4. The van der Waals surface area contributed by atoms with Gasteiger partial charge in [0.2, 0.25) is 0 Å². The first-order chi connectivity index (χ1) is 22.8. The van der Waals surface area contributed by atoms with E-state index in [2.05, 4.69) is 42.3 Å². The van der Waals surface area contributed by atoms with Crippen molar-refractivity contribution in [3.8, 4) is 0 Å². The summed E-state index contributed by atoms with van der Waals surface area (Å²) in [7, 11) is 0. The maximum atomic E-state index is 2.64. The number of aryl methyl sites for hydroxylation is 2. The van der Waals surface area contributed by atoms with Gasteiger partial charge in [0.15, 0.2) is 0 Å². The van der Waals surface area contributed by atoms with Gasteiger partial charge in [-0.15, -0.1) is 0 Å². The minimum absolute atomic E-state index is 1.23. The maximum absolute atomic E-state index is 2.64. The zero-order chi connectivity index (χ0) is 33.0. The van der Waals surface area contributed by atoms with Gasteiger partial charge < -0.3 is 0 Å². The first-order valence-corrected chi connectivity index (χ1v) is 21.9. The summed E-state index contributed by atoms with van der Waals surface area (Å²) in [6.45, 7) is 9.41. The number of imidazole rings is 1. The monoisotopic (exact) mass is 644 g/mol. The van der Waals surface area contributed by atoms with Crippen LogP contribution in [0.3, 0.4) is 0 Å². The Hall–Kier alpha value is -0.790. The van der Waals surface area contributed by atoms with Crippen LogP contribution in [0.2, 0.25) is 0 Å². The van der Waals surface area contributed by atoms with E-state index in [0.717, 1.165) is 0 Å². The number of nitrogens with zero attached hydrogens (tertiary/aromatic N) is 2. The standard InChI is InChI=1S/C44H87N2/c1-4-7-10-13-16-18-20-22-24-26-28-30-33-36-39-44-45(40-37-34-31-15-12-9-6-3)42-43-46(44)41-38-35-32-29-27-25-23-21-19-17-14-11-8-5-2/h42-43H,4-41H2,1-3H3/q+1. The lowest BCUT2D eigenvalue weighted by atomic mass is 10.0. The molecule has 1 aromatic heterocycles. The van der Waals surface area contributed by atoms with Crippen LogP contribution in [0.4, 0.5) is 0 Å². The molecule has 2 heteroatoms. The highest BCUT2D eigenvalue weighted by Crippen LogP contribution is 2.16. The molecule has 0 spiro atoms. The van der Waals surface area contributed by atoms with Crippen molar-refractivity contribution in [2.75, 3.05) is 0 Å². The van der Waals surface area contributed by atoms with Crippen molar-refractivity contribution < 1.29 is 4.57 Å². The van der Waals surface area contributed by atoms with Gasteiger partial charge in [0.25, 0.3) is 5.82 Å². The van der Waals surface area contributed by atoms with E-state index in [4.69, 9.17) is 0 Å². The highest BCUT2D eigenvalue weighted by atomic mass is 15.1. The molecular weight excluding hydrogens is 556 g/mol. The summed E-state index contributed by atoms with van der Waals surface area (Å²) in [6, 6.07) is 0. The summed E-state index contributed by atoms with van der Waals surface area (Å²) >= 11 is 0. The first kappa shape index (κ1) is 43.2. The molecule has 0 aliphatic carbocycles. The summed E-state index contributed by atoms with van der Waals surface area (Å²) in [5.41, 5.74) is 0. The van der Waals surface area contributed by atoms with Crippen molar-refractivity contribution in [3.05, 3.63) is 18.2 Å². The quantitative estimate of drug-likeness (QED) is 0.0501. The van der Waals surface area contributed by atoms with Crippen molar-refractivity contribution >= 4 is 0 Å². The molecule has 1 aromatic rings. The molecule has 0 atom stereocenters. The van der Waals surface area contributed by atoms with Crippen molar-refractivity contribution in [2.24, 2.45) is 0 Å². The van der Waals surface area contributed by atoms with Crippen molar-refractivity contribution in [1.82, 2.24) is 4.57 Å². The maximum Gasteiger partial charge on any atom is 0.256 e. The summed E-state index contributed by atoms with van der Waals surface area (Å²) in [5, 5.41) is 0. The van der Waals surface area contributed by atoms with E-state index in [1.165, 1.54) is 244 Å². The third-order valence-corrected chi connectivity index (χ3v) is 10.6. The van der Waals surface area contributed by atoms with Gasteiger partial charge in [-0.05, 0) is 32.1 Å². The molecule has 0 aliphatic rings.